The second kappa shape index (κ2) is 7.15. The van der Waals surface area contributed by atoms with E-state index in [-0.39, 0.29) is 5.41 Å². The molecule has 1 aliphatic carbocycles. The summed E-state index contributed by atoms with van der Waals surface area (Å²) in [5.41, 5.74) is -0.285. The van der Waals surface area contributed by atoms with E-state index in [1.54, 1.807) is 0 Å². The Bertz CT molecular complexity index is 1020. The number of rotatable bonds is 3. The van der Waals surface area contributed by atoms with Crippen molar-refractivity contribution in [2.75, 3.05) is 0 Å². The Kier molecular flexibility index (Phi) is 5.26. The van der Waals surface area contributed by atoms with Gasteiger partial charge in [0.25, 0.3) is 5.91 Å². The lowest BCUT2D eigenvalue weighted by molar-refractivity contribution is -0.140. The zero-order valence-electron chi connectivity index (χ0n) is 17.2. The summed E-state index contributed by atoms with van der Waals surface area (Å²) in [6.45, 7) is 8.60. The van der Waals surface area contributed by atoms with E-state index in [0.29, 0.717) is 24.0 Å². The normalized spacial score (nSPS) is 15.8. The van der Waals surface area contributed by atoms with Gasteiger partial charge in [-0.3, -0.25) is 14.2 Å². The van der Waals surface area contributed by atoms with Crippen LogP contribution in [0.2, 0.25) is 0 Å². The number of aromatic nitrogens is 2. The lowest BCUT2D eigenvalue weighted by atomic mass is 9.89. The predicted molar refractivity (Wildman–Crippen MR) is 101 cm³/mol. The molecule has 4 nitrogen and oxygen atoms in total. The smallest absolute Gasteiger partial charge is 0.290 e. The van der Waals surface area contributed by atoms with Crippen molar-refractivity contribution in [3.05, 3.63) is 51.9 Å². The average Bonchev–Trinajstić information content (AvgIpc) is 3.35. The van der Waals surface area contributed by atoms with Gasteiger partial charge in [0.15, 0.2) is 5.49 Å². The van der Waals surface area contributed by atoms with Gasteiger partial charge in [-0.05, 0) is 37.8 Å². The summed E-state index contributed by atoms with van der Waals surface area (Å²) in [6.07, 6.45) is -2.72. The molecule has 0 saturated heterocycles. The molecule has 1 heterocycles. The number of carbonyl (C=O) groups excluding carboxylic acids is 1. The van der Waals surface area contributed by atoms with E-state index < -0.39 is 29.0 Å². The van der Waals surface area contributed by atoms with E-state index in [9.17, 15) is 22.4 Å². The maximum Gasteiger partial charge on any atom is 0.419 e. The van der Waals surface area contributed by atoms with Crippen LogP contribution in [0.4, 0.5) is 17.6 Å². The molecule has 29 heavy (non-hydrogen) atoms. The molecule has 2 aromatic rings. The number of alkyl halides is 3. The van der Waals surface area contributed by atoms with Crippen molar-refractivity contribution in [1.29, 1.82) is 0 Å². The molecule has 0 aliphatic heterocycles. The number of hydrogen-bond acceptors (Lipinski definition) is 1. The fraction of sp³-hybridized carbons (Fsp3) is 0.524. The second-order valence-corrected chi connectivity index (χ2v) is 8.68. The van der Waals surface area contributed by atoms with Gasteiger partial charge in [-0.25, -0.2) is 4.39 Å². The van der Waals surface area contributed by atoms with Crippen molar-refractivity contribution in [2.45, 2.75) is 58.7 Å². The number of hydrogen-bond donors (Lipinski definition) is 0. The van der Waals surface area contributed by atoms with Crippen LogP contribution in [0, 0.1) is 18.7 Å². The highest BCUT2D eigenvalue weighted by molar-refractivity contribution is 5.95. The third kappa shape index (κ3) is 4.16. The van der Waals surface area contributed by atoms with Crippen LogP contribution in [0.5, 0.6) is 0 Å². The van der Waals surface area contributed by atoms with Gasteiger partial charge in [-0.1, -0.05) is 26.8 Å². The SMILES string of the molecule is Cc1c(C(C)(C)C)n(C)n(CC2CC2)c1=NC(=O)c1cccc(C(F)(F)F)c1F. The molecule has 1 aromatic carbocycles. The number of amides is 1. The van der Waals surface area contributed by atoms with Gasteiger partial charge in [-0.15, -0.1) is 0 Å². The van der Waals surface area contributed by atoms with Crippen molar-refractivity contribution < 1.29 is 22.4 Å². The summed E-state index contributed by atoms with van der Waals surface area (Å²) in [5, 5.41) is 0. The van der Waals surface area contributed by atoms with Crippen molar-refractivity contribution in [3.8, 4) is 0 Å². The first-order valence-electron chi connectivity index (χ1n) is 9.54. The highest BCUT2D eigenvalue weighted by atomic mass is 19.4. The zero-order valence-corrected chi connectivity index (χ0v) is 17.2. The molecule has 0 unspecified atom stereocenters. The van der Waals surface area contributed by atoms with Crippen LogP contribution in [0.15, 0.2) is 23.2 Å². The second-order valence-electron chi connectivity index (χ2n) is 8.68. The van der Waals surface area contributed by atoms with E-state index in [4.69, 9.17) is 0 Å². The molecule has 0 atom stereocenters. The van der Waals surface area contributed by atoms with Crippen molar-refractivity contribution in [2.24, 2.45) is 18.0 Å². The van der Waals surface area contributed by atoms with Crippen LogP contribution >= 0.6 is 0 Å². The first-order chi connectivity index (χ1) is 13.3. The molecule has 158 valence electrons. The minimum atomic E-state index is -4.88. The van der Waals surface area contributed by atoms with Gasteiger partial charge in [0, 0.05) is 30.3 Å². The van der Waals surface area contributed by atoms with Crippen molar-refractivity contribution in [1.82, 2.24) is 9.36 Å². The van der Waals surface area contributed by atoms with Crippen LogP contribution < -0.4 is 5.49 Å². The molecule has 1 aliphatic rings. The molecule has 0 bridgehead atoms. The highest BCUT2D eigenvalue weighted by Gasteiger charge is 2.36. The Balaban J connectivity index is 2.17. The lowest BCUT2D eigenvalue weighted by Crippen LogP contribution is -2.27. The third-order valence-corrected chi connectivity index (χ3v) is 5.20. The maximum absolute atomic E-state index is 14.4. The summed E-state index contributed by atoms with van der Waals surface area (Å²) in [5.74, 6) is -2.13. The fourth-order valence-electron chi connectivity index (χ4n) is 3.82. The Morgan fingerprint density at radius 2 is 1.83 bits per heavy atom. The van der Waals surface area contributed by atoms with E-state index in [1.807, 2.05) is 44.1 Å². The summed E-state index contributed by atoms with van der Waals surface area (Å²) in [7, 11) is 1.88. The minimum absolute atomic E-state index is 0.234. The first kappa shape index (κ1) is 21.3. The van der Waals surface area contributed by atoms with Crippen LogP contribution in [-0.2, 0) is 25.2 Å². The van der Waals surface area contributed by atoms with Gasteiger partial charge in [0.1, 0.15) is 5.82 Å². The van der Waals surface area contributed by atoms with Crippen LogP contribution in [0.1, 0.15) is 60.8 Å². The van der Waals surface area contributed by atoms with Crippen LogP contribution in [0.25, 0.3) is 0 Å². The number of benzene rings is 1. The van der Waals surface area contributed by atoms with E-state index in [1.165, 1.54) is 0 Å². The molecule has 0 N–H and O–H groups in total. The molecular formula is C21H25F4N3O. The van der Waals surface area contributed by atoms with Gasteiger partial charge in [0.05, 0.1) is 11.1 Å². The van der Waals surface area contributed by atoms with Gasteiger partial charge >= 0.3 is 6.18 Å². The minimum Gasteiger partial charge on any atom is -0.290 e. The van der Waals surface area contributed by atoms with Gasteiger partial charge in [0.2, 0.25) is 0 Å². The van der Waals surface area contributed by atoms with Crippen molar-refractivity contribution in [3.63, 3.8) is 0 Å². The largest absolute Gasteiger partial charge is 0.419 e. The Morgan fingerprint density at radius 3 is 2.34 bits per heavy atom. The fourth-order valence-corrected chi connectivity index (χ4v) is 3.82. The summed E-state index contributed by atoms with van der Waals surface area (Å²) >= 11 is 0. The van der Waals surface area contributed by atoms with Crippen LogP contribution in [0.3, 0.4) is 0 Å². The summed E-state index contributed by atoms with van der Waals surface area (Å²) < 4.78 is 57.2. The first-order valence-corrected chi connectivity index (χ1v) is 9.54. The maximum atomic E-state index is 14.4. The Labute approximate surface area is 166 Å². The quantitative estimate of drug-likeness (QED) is 0.673. The molecular weight excluding hydrogens is 386 g/mol. The Morgan fingerprint density at radius 1 is 1.21 bits per heavy atom. The topological polar surface area (TPSA) is 39.3 Å². The van der Waals surface area contributed by atoms with E-state index in [0.717, 1.165) is 36.2 Å². The van der Waals surface area contributed by atoms with Gasteiger partial charge < -0.3 is 0 Å². The molecule has 8 heteroatoms. The van der Waals surface area contributed by atoms with Gasteiger partial charge in [-0.2, -0.15) is 18.2 Å². The van der Waals surface area contributed by atoms with E-state index >= 15 is 0 Å². The van der Waals surface area contributed by atoms with E-state index in [2.05, 4.69) is 4.99 Å². The molecule has 1 saturated carbocycles. The average molecular weight is 411 g/mol. The highest BCUT2D eigenvalue weighted by Crippen LogP contribution is 2.33. The number of halogens is 4. The lowest BCUT2D eigenvalue weighted by Gasteiger charge is -2.21. The standard InChI is InChI=1S/C21H25F4N3O/c1-12-17(20(2,3)4)27(5)28(11-13-9-10-13)18(12)26-19(29)14-7-6-8-15(16(14)22)21(23,24)25/h6-8,13H,9-11H2,1-5H3. The molecule has 3 rings (SSSR count). The predicted octanol–water partition coefficient (Wildman–Crippen LogP) is 4.74. The summed E-state index contributed by atoms with van der Waals surface area (Å²) in [4.78, 5) is 16.8. The molecule has 1 amide bonds. The number of carbonyl (C=O) groups is 1. The number of nitrogens with zero attached hydrogens (tertiary/aromatic N) is 3. The van der Waals surface area contributed by atoms with Crippen molar-refractivity contribution >= 4 is 5.91 Å². The van der Waals surface area contributed by atoms with Crippen LogP contribution in [-0.4, -0.2) is 15.3 Å². The molecule has 0 spiro atoms. The molecule has 1 fully saturated rings. The Hall–Kier alpha value is -2.38. The third-order valence-electron chi connectivity index (χ3n) is 5.20. The monoisotopic (exact) mass is 411 g/mol. The molecule has 0 radical (unpaired) electrons. The summed E-state index contributed by atoms with van der Waals surface area (Å²) in [6, 6.07) is 2.67. The molecule has 1 aromatic heterocycles. The zero-order chi connectivity index (χ0) is 21.7.